The van der Waals surface area contributed by atoms with Crippen LogP contribution in [0.25, 0.3) is 11.0 Å². The van der Waals surface area contributed by atoms with Crippen molar-refractivity contribution in [1.29, 1.82) is 0 Å². The number of aromatic nitrogens is 2. The highest BCUT2D eigenvalue weighted by atomic mass is 16.5. The van der Waals surface area contributed by atoms with Crippen molar-refractivity contribution >= 4 is 11.0 Å². The van der Waals surface area contributed by atoms with Crippen LogP contribution in [0, 0.1) is 5.92 Å². The zero-order chi connectivity index (χ0) is 13.2. The van der Waals surface area contributed by atoms with Crippen molar-refractivity contribution < 1.29 is 4.74 Å². The van der Waals surface area contributed by atoms with Crippen LogP contribution in [0.15, 0.2) is 18.2 Å². The minimum Gasteiger partial charge on any atom is -0.378 e. The number of fused-ring (bicyclic) bond motifs is 1. The fourth-order valence-electron chi connectivity index (χ4n) is 2.82. The standard InChI is InChI=1S/C15H21N3O/c1-2-19-12-5-11(6-12)8-15-17-13-4-3-10(9-16)7-14(13)18-15/h3-4,7,11-12H,2,5-6,8-9,16H2,1H3,(H,17,18). The summed E-state index contributed by atoms with van der Waals surface area (Å²) in [5, 5.41) is 0. The Balaban J connectivity index is 1.66. The molecular weight excluding hydrogens is 238 g/mol. The first-order valence-electron chi connectivity index (χ1n) is 7.07. The Bertz CT molecular complexity index is 558. The predicted octanol–water partition coefficient (Wildman–Crippen LogP) is 2.38. The molecule has 1 heterocycles. The van der Waals surface area contributed by atoms with E-state index in [4.69, 9.17) is 10.5 Å². The van der Waals surface area contributed by atoms with Crippen LogP contribution in [0.4, 0.5) is 0 Å². The van der Waals surface area contributed by atoms with Crippen LogP contribution in [0.5, 0.6) is 0 Å². The number of hydrogen-bond donors (Lipinski definition) is 2. The molecule has 0 radical (unpaired) electrons. The van der Waals surface area contributed by atoms with E-state index in [0.717, 1.165) is 35.4 Å². The summed E-state index contributed by atoms with van der Waals surface area (Å²) >= 11 is 0. The van der Waals surface area contributed by atoms with E-state index in [1.165, 1.54) is 12.8 Å². The molecule has 4 nitrogen and oxygen atoms in total. The van der Waals surface area contributed by atoms with Gasteiger partial charge in [-0.05, 0) is 43.4 Å². The number of H-pyrrole nitrogens is 1. The maximum absolute atomic E-state index is 5.65. The van der Waals surface area contributed by atoms with E-state index < -0.39 is 0 Å². The normalized spacial score (nSPS) is 22.6. The van der Waals surface area contributed by atoms with Crippen molar-refractivity contribution in [2.45, 2.75) is 38.8 Å². The molecule has 1 fully saturated rings. The van der Waals surface area contributed by atoms with Gasteiger partial charge >= 0.3 is 0 Å². The van der Waals surface area contributed by atoms with E-state index in [1.807, 2.05) is 12.1 Å². The zero-order valence-electron chi connectivity index (χ0n) is 11.4. The highest BCUT2D eigenvalue weighted by molar-refractivity contribution is 5.75. The third kappa shape index (κ3) is 2.65. The van der Waals surface area contributed by atoms with Crippen molar-refractivity contribution in [3.8, 4) is 0 Å². The molecular formula is C15H21N3O. The van der Waals surface area contributed by atoms with Crippen LogP contribution in [-0.2, 0) is 17.7 Å². The van der Waals surface area contributed by atoms with Crippen LogP contribution in [0.2, 0.25) is 0 Å². The van der Waals surface area contributed by atoms with Gasteiger partial charge in [0, 0.05) is 19.6 Å². The second kappa shape index (κ2) is 5.31. The molecule has 1 aliphatic rings. The molecule has 4 heteroatoms. The Kier molecular flexibility index (Phi) is 3.53. The summed E-state index contributed by atoms with van der Waals surface area (Å²) in [6.07, 6.45) is 3.83. The van der Waals surface area contributed by atoms with Crippen molar-refractivity contribution in [3.05, 3.63) is 29.6 Å². The number of aromatic amines is 1. The first kappa shape index (κ1) is 12.6. The third-order valence-corrected chi connectivity index (χ3v) is 3.91. The van der Waals surface area contributed by atoms with Crippen LogP contribution >= 0.6 is 0 Å². The number of ether oxygens (including phenoxy) is 1. The van der Waals surface area contributed by atoms with Crippen molar-refractivity contribution in [2.75, 3.05) is 6.61 Å². The highest BCUT2D eigenvalue weighted by Crippen LogP contribution is 2.32. The van der Waals surface area contributed by atoms with Crippen molar-refractivity contribution in [2.24, 2.45) is 11.7 Å². The molecule has 0 amide bonds. The molecule has 102 valence electrons. The molecule has 0 spiro atoms. The summed E-state index contributed by atoms with van der Waals surface area (Å²) in [5.41, 5.74) is 8.93. The van der Waals surface area contributed by atoms with E-state index in [0.29, 0.717) is 18.6 Å². The molecule has 0 saturated heterocycles. The molecule has 0 bridgehead atoms. The molecule has 1 aromatic carbocycles. The van der Waals surface area contributed by atoms with Crippen LogP contribution in [0.1, 0.15) is 31.2 Å². The van der Waals surface area contributed by atoms with Crippen LogP contribution in [0.3, 0.4) is 0 Å². The van der Waals surface area contributed by atoms with E-state index in [9.17, 15) is 0 Å². The van der Waals surface area contributed by atoms with Gasteiger partial charge in [-0.3, -0.25) is 0 Å². The molecule has 19 heavy (non-hydrogen) atoms. The molecule has 2 aromatic rings. The number of nitrogens with two attached hydrogens (primary N) is 1. The predicted molar refractivity (Wildman–Crippen MR) is 75.8 cm³/mol. The molecule has 3 N–H and O–H groups in total. The molecule has 0 aliphatic heterocycles. The van der Waals surface area contributed by atoms with Gasteiger partial charge in [0.25, 0.3) is 0 Å². The summed E-state index contributed by atoms with van der Waals surface area (Å²) in [5.74, 6) is 1.80. The Morgan fingerprint density at radius 2 is 2.26 bits per heavy atom. The average Bonchev–Trinajstić information content (AvgIpc) is 2.77. The SMILES string of the molecule is CCOC1CC(Cc2nc3ccc(CN)cc3[nH]2)C1. The maximum atomic E-state index is 5.65. The Morgan fingerprint density at radius 3 is 3.00 bits per heavy atom. The number of imidazole rings is 1. The molecule has 1 saturated carbocycles. The molecule has 1 aromatic heterocycles. The monoisotopic (exact) mass is 259 g/mol. The van der Waals surface area contributed by atoms with Gasteiger partial charge in [-0.25, -0.2) is 4.98 Å². The lowest BCUT2D eigenvalue weighted by atomic mass is 9.80. The first-order valence-corrected chi connectivity index (χ1v) is 7.07. The lowest BCUT2D eigenvalue weighted by Crippen LogP contribution is -2.32. The second-order valence-electron chi connectivity index (χ2n) is 5.36. The quantitative estimate of drug-likeness (QED) is 0.866. The largest absolute Gasteiger partial charge is 0.378 e. The number of hydrogen-bond acceptors (Lipinski definition) is 3. The Morgan fingerprint density at radius 1 is 1.42 bits per heavy atom. The van der Waals surface area contributed by atoms with Gasteiger partial charge in [-0.2, -0.15) is 0 Å². The number of benzene rings is 1. The summed E-state index contributed by atoms with van der Waals surface area (Å²) in [7, 11) is 0. The Hall–Kier alpha value is -1.39. The summed E-state index contributed by atoms with van der Waals surface area (Å²) in [4.78, 5) is 8.05. The first-order chi connectivity index (χ1) is 9.28. The van der Waals surface area contributed by atoms with Gasteiger partial charge in [-0.15, -0.1) is 0 Å². The minimum absolute atomic E-state index is 0.475. The number of nitrogens with one attached hydrogen (secondary N) is 1. The average molecular weight is 259 g/mol. The molecule has 0 unspecified atom stereocenters. The van der Waals surface area contributed by atoms with Gasteiger partial charge in [0.15, 0.2) is 0 Å². The number of rotatable bonds is 5. The van der Waals surface area contributed by atoms with E-state index in [2.05, 4.69) is 23.0 Å². The van der Waals surface area contributed by atoms with Gasteiger partial charge in [0.05, 0.1) is 17.1 Å². The highest BCUT2D eigenvalue weighted by Gasteiger charge is 2.30. The fourth-order valence-corrected chi connectivity index (χ4v) is 2.82. The summed E-state index contributed by atoms with van der Waals surface area (Å²) < 4.78 is 5.59. The lowest BCUT2D eigenvalue weighted by Gasteiger charge is -2.34. The third-order valence-electron chi connectivity index (χ3n) is 3.91. The van der Waals surface area contributed by atoms with E-state index >= 15 is 0 Å². The van der Waals surface area contributed by atoms with Crippen molar-refractivity contribution in [1.82, 2.24) is 9.97 Å². The molecule has 1 aliphatic carbocycles. The molecule has 3 rings (SSSR count). The smallest absolute Gasteiger partial charge is 0.107 e. The zero-order valence-corrected chi connectivity index (χ0v) is 11.4. The summed E-state index contributed by atoms with van der Waals surface area (Å²) in [6.45, 7) is 3.45. The van der Waals surface area contributed by atoms with Crippen LogP contribution in [-0.4, -0.2) is 22.7 Å². The topological polar surface area (TPSA) is 63.9 Å². The Labute approximate surface area is 113 Å². The van der Waals surface area contributed by atoms with Crippen LogP contribution < -0.4 is 5.73 Å². The second-order valence-corrected chi connectivity index (χ2v) is 5.36. The van der Waals surface area contributed by atoms with Crippen molar-refractivity contribution in [3.63, 3.8) is 0 Å². The number of nitrogens with zero attached hydrogens (tertiary/aromatic N) is 1. The summed E-state index contributed by atoms with van der Waals surface area (Å²) in [6, 6.07) is 6.18. The molecule has 0 atom stereocenters. The van der Waals surface area contributed by atoms with E-state index in [-0.39, 0.29) is 0 Å². The minimum atomic E-state index is 0.475. The van der Waals surface area contributed by atoms with E-state index in [1.54, 1.807) is 0 Å². The van der Waals surface area contributed by atoms with Gasteiger partial charge in [0.1, 0.15) is 5.82 Å². The van der Waals surface area contributed by atoms with Gasteiger partial charge in [0.2, 0.25) is 0 Å². The van der Waals surface area contributed by atoms with Gasteiger partial charge in [-0.1, -0.05) is 6.07 Å². The lowest BCUT2D eigenvalue weighted by molar-refractivity contribution is -0.0244. The van der Waals surface area contributed by atoms with Gasteiger partial charge < -0.3 is 15.5 Å². The maximum Gasteiger partial charge on any atom is 0.107 e. The fraction of sp³-hybridized carbons (Fsp3) is 0.533.